The second-order valence-corrected chi connectivity index (χ2v) is 1.93. The van der Waals surface area contributed by atoms with Crippen molar-refractivity contribution in [3.63, 3.8) is 0 Å². The van der Waals surface area contributed by atoms with Crippen LogP contribution in [0.4, 0.5) is 0 Å². The second kappa shape index (κ2) is 2.91. The third kappa shape index (κ3) is 1.85. The van der Waals surface area contributed by atoms with Crippen LogP contribution in [0.1, 0.15) is 10.5 Å². The monoisotopic (exact) mass is 154 g/mol. The van der Waals surface area contributed by atoms with Crippen LogP contribution in [0.2, 0.25) is 0 Å². The van der Waals surface area contributed by atoms with E-state index in [9.17, 15) is 9.59 Å². The van der Waals surface area contributed by atoms with Crippen molar-refractivity contribution >= 4 is 12.2 Å². The Morgan fingerprint density at radius 1 is 1.82 bits per heavy atom. The van der Waals surface area contributed by atoms with Crippen LogP contribution >= 0.6 is 0 Å². The zero-order valence-corrected chi connectivity index (χ0v) is 5.60. The Bertz CT molecular complexity index is 280. The highest BCUT2D eigenvalue weighted by Gasteiger charge is 2.00. The van der Waals surface area contributed by atoms with Gasteiger partial charge in [-0.1, -0.05) is 5.21 Å². The van der Waals surface area contributed by atoms with Crippen molar-refractivity contribution in [3.05, 3.63) is 11.9 Å². The van der Waals surface area contributed by atoms with E-state index < -0.39 is 5.91 Å². The quantitative estimate of drug-likeness (QED) is 0.540. The Morgan fingerprint density at radius 2 is 2.55 bits per heavy atom. The molecule has 0 saturated carbocycles. The Balaban J connectivity index is 2.72. The minimum Gasteiger partial charge on any atom is -0.368 e. The molecule has 6 nitrogen and oxygen atoms in total. The molecule has 0 bridgehead atoms. The number of amides is 1. The van der Waals surface area contributed by atoms with Crippen molar-refractivity contribution < 1.29 is 9.59 Å². The molecule has 1 aromatic rings. The predicted molar refractivity (Wildman–Crippen MR) is 34.6 cm³/mol. The van der Waals surface area contributed by atoms with Gasteiger partial charge in [0.25, 0.3) is 0 Å². The van der Waals surface area contributed by atoms with Gasteiger partial charge in [0.1, 0.15) is 12.2 Å². The molecule has 0 aliphatic heterocycles. The fourth-order valence-corrected chi connectivity index (χ4v) is 0.604. The fraction of sp³-hybridized carbons (Fsp3) is 0.200. The van der Waals surface area contributed by atoms with E-state index >= 15 is 0 Å². The van der Waals surface area contributed by atoms with Gasteiger partial charge in [0.2, 0.25) is 5.91 Å². The molecule has 0 saturated heterocycles. The maximum absolute atomic E-state index is 10.3. The summed E-state index contributed by atoms with van der Waals surface area (Å²) in [4.78, 5) is 20.4. The number of nitrogens with zero attached hydrogens (tertiary/aromatic N) is 3. The minimum atomic E-state index is -0.521. The minimum absolute atomic E-state index is 0.0547. The van der Waals surface area contributed by atoms with Crippen LogP contribution in [0.5, 0.6) is 0 Å². The highest BCUT2D eigenvalue weighted by atomic mass is 16.1. The number of hydrogen-bond donors (Lipinski definition) is 1. The molecule has 11 heavy (non-hydrogen) atoms. The van der Waals surface area contributed by atoms with Gasteiger partial charge < -0.3 is 5.73 Å². The van der Waals surface area contributed by atoms with Crippen LogP contribution in [-0.2, 0) is 11.3 Å². The number of rotatable bonds is 3. The number of nitrogens with two attached hydrogens (primary N) is 1. The third-order valence-corrected chi connectivity index (χ3v) is 0.995. The van der Waals surface area contributed by atoms with E-state index in [0.29, 0.717) is 6.29 Å². The molecule has 0 atom stereocenters. The first-order valence-corrected chi connectivity index (χ1v) is 2.86. The van der Waals surface area contributed by atoms with Gasteiger partial charge in [-0.05, 0) is 0 Å². The first kappa shape index (κ1) is 7.39. The van der Waals surface area contributed by atoms with Gasteiger partial charge in [-0.3, -0.25) is 9.59 Å². The van der Waals surface area contributed by atoms with Crippen molar-refractivity contribution in [2.45, 2.75) is 6.54 Å². The van der Waals surface area contributed by atoms with Crippen LogP contribution in [0.15, 0.2) is 6.20 Å². The number of hydrogen-bond acceptors (Lipinski definition) is 4. The lowest BCUT2D eigenvalue weighted by Crippen LogP contribution is -2.18. The van der Waals surface area contributed by atoms with Gasteiger partial charge in [-0.25, -0.2) is 4.68 Å². The molecule has 1 amide bonds. The molecule has 0 aromatic carbocycles. The second-order valence-electron chi connectivity index (χ2n) is 1.93. The van der Waals surface area contributed by atoms with Gasteiger partial charge in [0.15, 0.2) is 6.29 Å². The molecule has 1 heterocycles. The molecule has 0 aliphatic carbocycles. The third-order valence-electron chi connectivity index (χ3n) is 0.995. The summed E-state index contributed by atoms with van der Waals surface area (Å²) in [5, 5.41) is 6.89. The Labute approximate surface area is 62.0 Å². The molecule has 1 rings (SSSR count). The van der Waals surface area contributed by atoms with E-state index in [4.69, 9.17) is 5.73 Å². The molecule has 0 spiro atoms. The molecular weight excluding hydrogens is 148 g/mol. The van der Waals surface area contributed by atoms with E-state index in [0.717, 1.165) is 0 Å². The highest BCUT2D eigenvalue weighted by molar-refractivity contribution is 5.74. The summed E-state index contributed by atoms with van der Waals surface area (Å²) in [6.45, 7) is -0.0547. The molecule has 6 heteroatoms. The van der Waals surface area contributed by atoms with E-state index in [-0.39, 0.29) is 12.2 Å². The summed E-state index contributed by atoms with van der Waals surface area (Å²) in [5.74, 6) is -0.521. The number of carbonyl (C=O) groups is 2. The molecule has 1 aromatic heterocycles. The highest BCUT2D eigenvalue weighted by Crippen LogP contribution is 1.86. The number of carbonyl (C=O) groups excluding carboxylic acids is 2. The molecule has 0 unspecified atom stereocenters. The van der Waals surface area contributed by atoms with Crippen molar-refractivity contribution in [2.75, 3.05) is 0 Å². The van der Waals surface area contributed by atoms with Gasteiger partial charge in [-0.2, -0.15) is 0 Å². The molecular formula is C5H6N4O2. The maximum Gasteiger partial charge on any atom is 0.239 e. The predicted octanol–water partition coefficient (Wildman–Crippen LogP) is -1.42. The van der Waals surface area contributed by atoms with Crippen LogP contribution < -0.4 is 5.73 Å². The summed E-state index contributed by atoms with van der Waals surface area (Å²) in [5.41, 5.74) is 5.05. The maximum atomic E-state index is 10.3. The summed E-state index contributed by atoms with van der Waals surface area (Å²) in [6, 6.07) is 0. The molecule has 0 aliphatic rings. The van der Waals surface area contributed by atoms with Crippen molar-refractivity contribution in [3.8, 4) is 0 Å². The SMILES string of the molecule is NC(=O)Cn1cc(C=O)nn1. The largest absolute Gasteiger partial charge is 0.368 e. The summed E-state index contributed by atoms with van der Waals surface area (Å²) in [6.07, 6.45) is 1.89. The summed E-state index contributed by atoms with van der Waals surface area (Å²) >= 11 is 0. The van der Waals surface area contributed by atoms with E-state index in [1.807, 2.05) is 0 Å². The number of primary amides is 1. The lowest BCUT2D eigenvalue weighted by Gasteiger charge is -1.90. The summed E-state index contributed by atoms with van der Waals surface area (Å²) in [7, 11) is 0. The summed E-state index contributed by atoms with van der Waals surface area (Å²) < 4.78 is 1.20. The van der Waals surface area contributed by atoms with Crippen LogP contribution in [0.25, 0.3) is 0 Å². The van der Waals surface area contributed by atoms with Crippen LogP contribution in [0, 0.1) is 0 Å². The van der Waals surface area contributed by atoms with Crippen LogP contribution in [-0.4, -0.2) is 27.2 Å². The van der Waals surface area contributed by atoms with Gasteiger partial charge in [-0.15, -0.1) is 5.10 Å². The zero-order chi connectivity index (χ0) is 8.27. The van der Waals surface area contributed by atoms with Crippen molar-refractivity contribution in [1.29, 1.82) is 0 Å². The Kier molecular flexibility index (Phi) is 1.95. The first-order valence-electron chi connectivity index (χ1n) is 2.86. The van der Waals surface area contributed by atoms with Gasteiger partial charge >= 0.3 is 0 Å². The Morgan fingerprint density at radius 3 is 3.00 bits per heavy atom. The molecule has 0 radical (unpaired) electrons. The van der Waals surface area contributed by atoms with Crippen molar-refractivity contribution in [2.24, 2.45) is 5.73 Å². The van der Waals surface area contributed by atoms with E-state index in [1.165, 1.54) is 10.9 Å². The zero-order valence-electron chi connectivity index (χ0n) is 5.60. The van der Waals surface area contributed by atoms with E-state index in [2.05, 4.69) is 10.3 Å². The lowest BCUT2D eigenvalue weighted by molar-refractivity contribution is -0.118. The first-order chi connectivity index (χ1) is 5.22. The smallest absolute Gasteiger partial charge is 0.239 e. The average Bonchev–Trinajstić information content (AvgIpc) is 2.34. The molecule has 0 fully saturated rings. The molecule has 58 valence electrons. The number of aldehydes is 1. The lowest BCUT2D eigenvalue weighted by atomic mass is 10.5. The Hall–Kier alpha value is -1.72. The van der Waals surface area contributed by atoms with Crippen molar-refractivity contribution in [1.82, 2.24) is 15.0 Å². The van der Waals surface area contributed by atoms with Crippen LogP contribution in [0.3, 0.4) is 0 Å². The average molecular weight is 154 g/mol. The van der Waals surface area contributed by atoms with Gasteiger partial charge in [0.05, 0.1) is 6.20 Å². The normalized spacial score (nSPS) is 9.45. The molecule has 2 N–H and O–H groups in total. The standard InChI is InChI=1S/C5H6N4O2/c6-5(11)2-9-1-4(3-10)7-8-9/h1,3H,2H2,(H2,6,11). The topological polar surface area (TPSA) is 90.9 Å². The fourth-order valence-electron chi connectivity index (χ4n) is 0.604. The van der Waals surface area contributed by atoms with Gasteiger partial charge in [0, 0.05) is 0 Å². The number of aromatic nitrogens is 3. The van der Waals surface area contributed by atoms with E-state index in [1.54, 1.807) is 0 Å².